The first-order chi connectivity index (χ1) is 12.7. The van der Waals surface area contributed by atoms with Crippen molar-refractivity contribution >= 4 is 10.2 Å². The first-order valence-corrected chi connectivity index (χ1v) is 9.35. The zero-order valence-electron chi connectivity index (χ0n) is 13.9. The van der Waals surface area contributed by atoms with Crippen LogP contribution in [0.4, 0.5) is 13.2 Å². The van der Waals surface area contributed by atoms with E-state index in [0.717, 1.165) is 12.8 Å². The normalized spacial score (nSPS) is 15.1. The second-order valence-electron chi connectivity index (χ2n) is 5.92. The van der Waals surface area contributed by atoms with Gasteiger partial charge in [0.25, 0.3) is 10.2 Å². The van der Waals surface area contributed by atoms with Crippen LogP contribution in [0, 0.1) is 12.3 Å². The van der Waals surface area contributed by atoms with Crippen LogP contribution in [0.1, 0.15) is 24.3 Å². The first kappa shape index (κ1) is 19.3. The van der Waals surface area contributed by atoms with Crippen molar-refractivity contribution < 1.29 is 26.1 Å². The number of alkyl halides is 3. The van der Waals surface area contributed by atoms with Crippen molar-refractivity contribution in [3.63, 3.8) is 0 Å². The summed E-state index contributed by atoms with van der Waals surface area (Å²) in [5.41, 5.74) is 0.987. The summed E-state index contributed by atoms with van der Waals surface area (Å²) in [5, 5.41) is 3.31. The van der Waals surface area contributed by atoms with E-state index in [0.29, 0.717) is 11.1 Å². The van der Waals surface area contributed by atoms with Gasteiger partial charge in [-0.3, -0.25) is 0 Å². The molecule has 0 aliphatic heterocycles. The predicted octanol–water partition coefficient (Wildman–Crippen LogP) is 2.19. The van der Waals surface area contributed by atoms with E-state index in [1.165, 1.54) is 16.4 Å². The molecule has 1 aliphatic carbocycles. The maximum absolute atomic E-state index is 12.5. The second kappa shape index (κ2) is 7.30. The number of rotatable bonds is 7. The Labute approximate surface area is 153 Å². The maximum atomic E-state index is 12.5. The van der Waals surface area contributed by atoms with Gasteiger partial charge in [-0.1, -0.05) is 35.3 Å². The number of hydrogen-bond donors (Lipinski definition) is 1. The summed E-state index contributed by atoms with van der Waals surface area (Å²) in [6.07, 6.45) is 1.91. The van der Waals surface area contributed by atoms with Crippen molar-refractivity contribution in [1.82, 2.24) is 19.2 Å². The van der Waals surface area contributed by atoms with Crippen LogP contribution < -0.4 is 4.72 Å². The molecule has 1 fully saturated rings. The van der Waals surface area contributed by atoms with Crippen molar-refractivity contribution in [2.24, 2.45) is 0 Å². The van der Waals surface area contributed by atoms with Gasteiger partial charge < -0.3 is 4.52 Å². The number of terminal acetylenes is 1. The van der Waals surface area contributed by atoms with Crippen LogP contribution in [0.3, 0.4) is 0 Å². The summed E-state index contributed by atoms with van der Waals surface area (Å²) in [5.74, 6) is 0.598. The van der Waals surface area contributed by atoms with Crippen LogP contribution in [0.2, 0.25) is 0 Å². The molecular weight excluding hydrogens is 385 g/mol. The number of nitrogens with zero attached hydrogens (tertiary/aromatic N) is 3. The van der Waals surface area contributed by atoms with E-state index in [1.54, 1.807) is 12.1 Å². The van der Waals surface area contributed by atoms with Gasteiger partial charge >= 0.3 is 12.1 Å². The van der Waals surface area contributed by atoms with Crippen molar-refractivity contribution in [3.05, 3.63) is 35.7 Å². The quantitative estimate of drug-likeness (QED) is 0.720. The lowest BCUT2D eigenvalue weighted by molar-refractivity contribution is -0.159. The van der Waals surface area contributed by atoms with Crippen LogP contribution >= 0.6 is 0 Å². The van der Waals surface area contributed by atoms with E-state index in [9.17, 15) is 21.6 Å². The van der Waals surface area contributed by atoms with Gasteiger partial charge in [-0.2, -0.15) is 35.6 Å². The average molecular weight is 400 g/mol. The molecule has 1 N–H and O–H groups in total. The van der Waals surface area contributed by atoms with Gasteiger partial charge in [0.2, 0.25) is 5.82 Å². The van der Waals surface area contributed by atoms with Crippen molar-refractivity contribution in [1.29, 1.82) is 0 Å². The Morgan fingerprint density at radius 2 is 1.96 bits per heavy atom. The molecule has 1 saturated carbocycles. The number of aromatic nitrogens is 2. The number of benzene rings is 1. The Morgan fingerprint density at radius 1 is 1.30 bits per heavy atom. The largest absolute Gasteiger partial charge is 0.471 e. The van der Waals surface area contributed by atoms with E-state index < -0.39 is 22.3 Å². The highest BCUT2D eigenvalue weighted by Crippen LogP contribution is 2.31. The highest BCUT2D eigenvalue weighted by molar-refractivity contribution is 7.87. The highest BCUT2D eigenvalue weighted by Gasteiger charge is 2.39. The zero-order valence-corrected chi connectivity index (χ0v) is 14.7. The minimum atomic E-state index is -4.71. The Kier molecular flexibility index (Phi) is 5.23. The smallest absolute Gasteiger partial charge is 0.329 e. The van der Waals surface area contributed by atoms with Gasteiger partial charge in [0.15, 0.2) is 0 Å². The summed E-state index contributed by atoms with van der Waals surface area (Å²) in [4.78, 5) is 3.32. The molecule has 0 amide bonds. The molecule has 7 nitrogen and oxygen atoms in total. The fraction of sp³-hybridized carbons (Fsp3) is 0.375. The maximum Gasteiger partial charge on any atom is 0.471 e. The molecule has 144 valence electrons. The molecule has 2 aromatic rings. The predicted molar refractivity (Wildman–Crippen MR) is 89.1 cm³/mol. The molecule has 1 aromatic heterocycles. The SMILES string of the molecule is C#CCNS(=O)(=O)N(Cc1ccc(-c2noc(C(F)(F)F)n2)cc1)C1CC1. The molecule has 1 aliphatic rings. The van der Waals surface area contributed by atoms with Crippen LogP contribution in [0.25, 0.3) is 11.4 Å². The molecule has 1 heterocycles. The lowest BCUT2D eigenvalue weighted by Crippen LogP contribution is -2.41. The lowest BCUT2D eigenvalue weighted by atomic mass is 10.1. The molecule has 0 bridgehead atoms. The molecule has 0 unspecified atom stereocenters. The van der Waals surface area contributed by atoms with E-state index in [2.05, 4.69) is 25.3 Å². The monoisotopic (exact) mass is 400 g/mol. The first-order valence-electron chi connectivity index (χ1n) is 7.91. The summed E-state index contributed by atoms with van der Waals surface area (Å²) < 4.78 is 70.1. The molecule has 0 atom stereocenters. The zero-order chi connectivity index (χ0) is 19.7. The Balaban J connectivity index is 1.75. The highest BCUT2D eigenvalue weighted by atomic mass is 32.2. The fourth-order valence-electron chi connectivity index (χ4n) is 2.38. The van der Waals surface area contributed by atoms with Crippen molar-refractivity contribution in [2.45, 2.75) is 31.6 Å². The Hall–Kier alpha value is -2.42. The number of halogens is 3. The van der Waals surface area contributed by atoms with E-state index in [1.807, 2.05) is 0 Å². The molecule has 3 rings (SSSR count). The summed E-state index contributed by atoms with van der Waals surface area (Å²) in [7, 11) is -3.72. The third kappa shape index (κ3) is 4.65. The third-order valence-corrected chi connectivity index (χ3v) is 5.39. The average Bonchev–Trinajstić information content (AvgIpc) is 3.31. The van der Waals surface area contributed by atoms with Gasteiger partial charge in [-0.05, 0) is 18.4 Å². The Morgan fingerprint density at radius 3 is 2.48 bits per heavy atom. The number of hydrogen-bond acceptors (Lipinski definition) is 5. The molecular formula is C16H15F3N4O3S. The summed E-state index contributed by atoms with van der Waals surface area (Å²) >= 11 is 0. The van der Waals surface area contributed by atoms with Gasteiger partial charge in [0.1, 0.15) is 0 Å². The van der Waals surface area contributed by atoms with Gasteiger partial charge in [-0.15, -0.1) is 6.42 Å². The molecule has 0 radical (unpaired) electrons. The summed E-state index contributed by atoms with van der Waals surface area (Å²) in [6.45, 7) is 0.00869. The Bertz CT molecular complexity index is 945. The van der Waals surface area contributed by atoms with Gasteiger partial charge in [0.05, 0.1) is 6.54 Å². The minimum Gasteiger partial charge on any atom is -0.329 e. The van der Waals surface area contributed by atoms with Crippen LogP contribution in [0.5, 0.6) is 0 Å². The van der Waals surface area contributed by atoms with Crippen LogP contribution in [-0.4, -0.2) is 35.5 Å². The second-order valence-corrected chi connectivity index (χ2v) is 7.63. The fourth-order valence-corrected chi connectivity index (χ4v) is 3.74. The van der Waals surface area contributed by atoms with E-state index >= 15 is 0 Å². The van der Waals surface area contributed by atoms with Gasteiger partial charge in [-0.25, -0.2) is 0 Å². The van der Waals surface area contributed by atoms with Crippen molar-refractivity contribution in [3.8, 4) is 23.7 Å². The van der Waals surface area contributed by atoms with E-state index in [4.69, 9.17) is 6.42 Å². The van der Waals surface area contributed by atoms with Crippen LogP contribution in [0.15, 0.2) is 28.8 Å². The molecule has 11 heteroatoms. The molecule has 1 aromatic carbocycles. The van der Waals surface area contributed by atoms with Crippen LogP contribution in [-0.2, 0) is 22.9 Å². The topological polar surface area (TPSA) is 88.3 Å². The third-order valence-electron chi connectivity index (χ3n) is 3.84. The van der Waals surface area contributed by atoms with Crippen molar-refractivity contribution in [2.75, 3.05) is 6.54 Å². The molecule has 27 heavy (non-hydrogen) atoms. The minimum absolute atomic E-state index is 0.0912. The molecule has 0 spiro atoms. The summed E-state index contributed by atoms with van der Waals surface area (Å²) in [6, 6.07) is 6.13. The molecule has 0 saturated heterocycles. The van der Waals surface area contributed by atoms with E-state index in [-0.39, 0.29) is 25.0 Å². The number of nitrogens with one attached hydrogen (secondary N) is 1. The van der Waals surface area contributed by atoms with Gasteiger partial charge in [0, 0.05) is 18.2 Å². The lowest BCUT2D eigenvalue weighted by Gasteiger charge is -2.21. The standard InChI is InChI=1S/C16H15F3N4O3S/c1-2-9-20-27(24,25)23(13-7-8-13)10-11-3-5-12(6-4-11)14-21-15(26-22-14)16(17,18)19/h1,3-6,13,20H,7-10H2.